The van der Waals surface area contributed by atoms with E-state index in [2.05, 4.69) is 6.07 Å². The molecule has 0 saturated heterocycles. The van der Waals surface area contributed by atoms with E-state index in [1.54, 1.807) is 0 Å². The van der Waals surface area contributed by atoms with Crippen LogP contribution in [0.3, 0.4) is 0 Å². The summed E-state index contributed by atoms with van der Waals surface area (Å²) in [7, 11) is 0. The first-order chi connectivity index (χ1) is 8.01. The third kappa shape index (κ3) is 2.94. The fraction of sp³-hybridized carbons (Fsp3) is 0.467. The van der Waals surface area contributed by atoms with Crippen LogP contribution in [0.4, 0.5) is 0 Å². The molecule has 1 atom stereocenters. The van der Waals surface area contributed by atoms with Crippen LogP contribution in [0.2, 0.25) is 0 Å². The second-order valence-electron chi connectivity index (χ2n) is 4.58. The van der Waals surface area contributed by atoms with Crippen LogP contribution < -0.4 is 0 Å². The Morgan fingerprint density at radius 1 is 1.24 bits per heavy atom. The lowest BCUT2D eigenvalue weighted by Crippen LogP contribution is -2.15. The lowest BCUT2D eigenvalue weighted by atomic mass is 9.89. The Hall–Kier alpha value is -1.62. The molecule has 1 rings (SSSR count). The maximum atomic E-state index is 12.3. The van der Waals surface area contributed by atoms with Crippen molar-refractivity contribution in [2.75, 3.05) is 0 Å². The standard InChI is InChI=1S/C15H19NO/c1-5-13(6-7-16)15(17)14-9-11(3)10(2)8-12(14)4/h8-9,13H,5-6H2,1-4H3. The van der Waals surface area contributed by atoms with Gasteiger partial charge in [-0.2, -0.15) is 5.26 Å². The first-order valence-electron chi connectivity index (χ1n) is 6.00. The largest absolute Gasteiger partial charge is 0.294 e. The Balaban J connectivity index is 3.12. The predicted molar refractivity (Wildman–Crippen MR) is 69.0 cm³/mol. The van der Waals surface area contributed by atoms with Crippen molar-refractivity contribution in [3.8, 4) is 6.07 Å². The molecule has 90 valence electrons. The van der Waals surface area contributed by atoms with Gasteiger partial charge in [-0.1, -0.05) is 13.0 Å². The maximum Gasteiger partial charge on any atom is 0.167 e. The van der Waals surface area contributed by atoms with Crippen molar-refractivity contribution in [3.63, 3.8) is 0 Å². The van der Waals surface area contributed by atoms with Gasteiger partial charge in [-0.25, -0.2) is 0 Å². The van der Waals surface area contributed by atoms with Gasteiger partial charge in [0.1, 0.15) is 0 Å². The number of carbonyl (C=O) groups is 1. The molecule has 0 N–H and O–H groups in total. The van der Waals surface area contributed by atoms with Crippen molar-refractivity contribution in [2.24, 2.45) is 5.92 Å². The molecule has 0 radical (unpaired) electrons. The highest BCUT2D eigenvalue weighted by molar-refractivity contribution is 5.99. The normalized spacial score (nSPS) is 11.9. The number of carbonyl (C=O) groups excluding carboxylic acids is 1. The van der Waals surface area contributed by atoms with Crippen LogP contribution in [0.25, 0.3) is 0 Å². The second kappa shape index (κ2) is 5.63. The number of benzene rings is 1. The highest BCUT2D eigenvalue weighted by atomic mass is 16.1. The molecular weight excluding hydrogens is 210 g/mol. The van der Waals surface area contributed by atoms with Gasteiger partial charge in [0.2, 0.25) is 0 Å². The zero-order valence-electron chi connectivity index (χ0n) is 11.0. The van der Waals surface area contributed by atoms with Gasteiger partial charge in [-0.15, -0.1) is 0 Å². The van der Waals surface area contributed by atoms with E-state index >= 15 is 0 Å². The van der Waals surface area contributed by atoms with E-state index in [0.29, 0.717) is 6.42 Å². The Morgan fingerprint density at radius 3 is 2.35 bits per heavy atom. The van der Waals surface area contributed by atoms with Crippen LogP contribution in [-0.4, -0.2) is 5.78 Å². The number of aryl methyl sites for hydroxylation is 3. The minimum atomic E-state index is -0.166. The summed E-state index contributed by atoms with van der Waals surface area (Å²) < 4.78 is 0. The first kappa shape index (κ1) is 13.4. The average Bonchev–Trinajstić information content (AvgIpc) is 2.30. The summed E-state index contributed by atoms with van der Waals surface area (Å²) in [6.45, 7) is 7.97. The molecule has 0 spiro atoms. The number of hydrogen-bond acceptors (Lipinski definition) is 2. The van der Waals surface area contributed by atoms with Crippen molar-refractivity contribution in [1.29, 1.82) is 5.26 Å². The third-order valence-corrected chi connectivity index (χ3v) is 3.31. The molecule has 0 aromatic heterocycles. The van der Waals surface area contributed by atoms with Crippen LogP contribution in [0.15, 0.2) is 12.1 Å². The van der Waals surface area contributed by atoms with Crippen LogP contribution in [0.5, 0.6) is 0 Å². The lowest BCUT2D eigenvalue weighted by molar-refractivity contribution is 0.0918. The highest BCUT2D eigenvalue weighted by Gasteiger charge is 2.20. The van der Waals surface area contributed by atoms with Gasteiger partial charge in [0.25, 0.3) is 0 Å². The Labute approximate surface area is 103 Å². The smallest absolute Gasteiger partial charge is 0.167 e. The van der Waals surface area contributed by atoms with Crippen LogP contribution in [0.1, 0.15) is 46.8 Å². The van der Waals surface area contributed by atoms with Crippen molar-refractivity contribution >= 4 is 5.78 Å². The van der Waals surface area contributed by atoms with Gasteiger partial charge in [-0.05, 0) is 49.9 Å². The van der Waals surface area contributed by atoms with E-state index in [4.69, 9.17) is 5.26 Å². The molecule has 1 aromatic carbocycles. The van der Waals surface area contributed by atoms with Crippen molar-refractivity contribution < 1.29 is 4.79 Å². The van der Waals surface area contributed by atoms with Gasteiger partial charge < -0.3 is 0 Å². The lowest BCUT2D eigenvalue weighted by Gasteiger charge is -2.13. The molecule has 2 nitrogen and oxygen atoms in total. The number of nitrogens with zero attached hydrogens (tertiary/aromatic N) is 1. The quantitative estimate of drug-likeness (QED) is 0.738. The summed E-state index contributed by atoms with van der Waals surface area (Å²) in [5.74, 6) is -0.0598. The fourth-order valence-electron chi connectivity index (χ4n) is 1.98. The Kier molecular flexibility index (Phi) is 4.45. The van der Waals surface area contributed by atoms with Crippen LogP contribution in [0, 0.1) is 38.0 Å². The summed E-state index contributed by atoms with van der Waals surface area (Å²) in [5.41, 5.74) is 4.11. The maximum absolute atomic E-state index is 12.3. The first-order valence-corrected chi connectivity index (χ1v) is 6.00. The molecule has 0 aliphatic carbocycles. The summed E-state index contributed by atoms with van der Waals surface area (Å²) in [6, 6.07) is 6.09. The zero-order valence-corrected chi connectivity index (χ0v) is 11.0. The van der Waals surface area contributed by atoms with Crippen LogP contribution in [-0.2, 0) is 0 Å². The monoisotopic (exact) mass is 229 g/mol. The molecule has 0 bridgehead atoms. The molecule has 0 aliphatic heterocycles. The van der Waals surface area contributed by atoms with E-state index in [1.165, 1.54) is 5.56 Å². The summed E-state index contributed by atoms with van der Waals surface area (Å²) in [5, 5.41) is 8.73. The topological polar surface area (TPSA) is 40.9 Å². The van der Waals surface area contributed by atoms with Gasteiger partial charge in [0, 0.05) is 17.9 Å². The molecule has 0 aliphatic rings. The fourth-order valence-corrected chi connectivity index (χ4v) is 1.98. The van der Waals surface area contributed by atoms with E-state index in [9.17, 15) is 4.79 Å². The number of ketones is 1. The van der Waals surface area contributed by atoms with Gasteiger partial charge >= 0.3 is 0 Å². The van der Waals surface area contributed by atoms with E-state index in [0.717, 1.165) is 23.1 Å². The molecule has 1 unspecified atom stereocenters. The molecular formula is C15H19NO. The van der Waals surface area contributed by atoms with Gasteiger partial charge in [-0.3, -0.25) is 4.79 Å². The van der Waals surface area contributed by atoms with Gasteiger partial charge in [0.05, 0.1) is 6.07 Å². The van der Waals surface area contributed by atoms with E-state index in [-0.39, 0.29) is 11.7 Å². The van der Waals surface area contributed by atoms with E-state index in [1.807, 2.05) is 39.8 Å². The second-order valence-corrected chi connectivity index (χ2v) is 4.58. The minimum absolute atomic E-state index is 0.106. The van der Waals surface area contributed by atoms with Gasteiger partial charge in [0.15, 0.2) is 5.78 Å². The van der Waals surface area contributed by atoms with Crippen molar-refractivity contribution in [1.82, 2.24) is 0 Å². The van der Waals surface area contributed by atoms with E-state index < -0.39 is 0 Å². The predicted octanol–water partition coefficient (Wildman–Crippen LogP) is 3.73. The number of nitriles is 1. The number of rotatable bonds is 4. The minimum Gasteiger partial charge on any atom is -0.294 e. The van der Waals surface area contributed by atoms with Crippen molar-refractivity contribution in [3.05, 3.63) is 34.4 Å². The number of hydrogen-bond donors (Lipinski definition) is 0. The van der Waals surface area contributed by atoms with Crippen LogP contribution >= 0.6 is 0 Å². The molecule has 17 heavy (non-hydrogen) atoms. The van der Waals surface area contributed by atoms with Crippen molar-refractivity contribution in [2.45, 2.75) is 40.5 Å². The molecule has 0 amide bonds. The summed E-state index contributed by atoms with van der Waals surface area (Å²) >= 11 is 0. The molecule has 0 fully saturated rings. The molecule has 2 heteroatoms. The highest BCUT2D eigenvalue weighted by Crippen LogP contribution is 2.21. The summed E-state index contributed by atoms with van der Waals surface area (Å²) in [4.78, 5) is 12.3. The Morgan fingerprint density at radius 2 is 1.82 bits per heavy atom. The Bertz CT molecular complexity index is 469. The summed E-state index contributed by atoms with van der Waals surface area (Å²) in [6.07, 6.45) is 1.03. The third-order valence-electron chi connectivity index (χ3n) is 3.31. The molecule has 0 heterocycles. The average molecular weight is 229 g/mol. The molecule has 1 aromatic rings. The zero-order chi connectivity index (χ0) is 13.0. The SMILES string of the molecule is CCC(CC#N)C(=O)c1cc(C)c(C)cc1C. The molecule has 0 saturated carbocycles. The number of Topliss-reactive ketones (excluding diaryl/α,β-unsaturated/α-hetero) is 1.